The van der Waals surface area contributed by atoms with E-state index in [-0.39, 0.29) is 5.75 Å². The van der Waals surface area contributed by atoms with Gasteiger partial charge in [-0.2, -0.15) is 4.99 Å². The second kappa shape index (κ2) is 3.89. The van der Waals surface area contributed by atoms with E-state index in [1.54, 1.807) is 0 Å². The third-order valence-electron chi connectivity index (χ3n) is 2.71. The molecule has 1 aliphatic carbocycles. The fraction of sp³-hybridized carbons (Fsp3) is 0.364. The fourth-order valence-electron chi connectivity index (χ4n) is 1.79. The molecule has 0 radical (unpaired) electrons. The van der Waals surface area contributed by atoms with Crippen LogP contribution in [0, 0.1) is 5.82 Å². The average molecular weight is 242 g/mol. The van der Waals surface area contributed by atoms with Gasteiger partial charge in [0.25, 0.3) is 0 Å². The zero-order valence-corrected chi connectivity index (χ0v) is 9.34. The van der Waals surface area contributed by atoms with Gasteiger partial charge in [0.1, 0.15) is 5.54 Å². The third kappa shape index (κ3) is 1.60. The van der Waals surface area contributed by atoms with Gasteiger partial charge in [0.15, 0.2) is 11.6 Å². The molecule has 16 heavy (non-hydrogen) atoms. The lowest BCUT2D eigenvalue weighted by molar-refractivity contribution is 0.376. The molecular weight excluding hydrogens is 233 g/mol. The zero-order valence-electron chi connectivity index (χ0n) is 8.59. The van der Waals surface area contributed by atoms with Crippen molar-refractivity contribution in [3.05, 3.63) is 28.5 Å². The normalized spacial score (nSPS) is 16.4. The van der Waals surface area contributed by atoms with Crippen molar-refractivity contribution in [2.45, 2.75) is 18.4 Å². The Balaban J connectivity index is 2.63. The summed E-state index contributed by atoms with van der Waals surface area (Å²) in [6, 6.07) is 2.67. The molecule has 1 aliphatic rings. The molecule has 0 unspecified atom stereocenters. The molecule has 0 aliphatic heterocycles. The van der Waals surface area contributed by atoms with Crippen LogP contribution in [0.1, 0.15) is 18.4 Å². The van der Waals surface area contributed by atoms with Crippen molar-refractivity contribution in [3.63, 3.8) is 0 Å². The van der Waals surface area contributed by atoms with Gasteiger partial charge >= 0.3 is 0 Å². The second-order valence-corrected chi connectivity index (χ2v) is 4.08. The highest BCUT2D eigenvalue weighted by Gasteiger charge is 2.48. The molecule has 2 rings (SSSR count). The largest absolute Gasteiger partial charge is 0.493 e. The van der Waals surface area contributed by atoms with Crippen molar-refractivity contribution in [2.75, 3.05) is 7.11 Å². The van der Waals surface area contributed by atoms with Crippen LogP contribution < -0.4 is 4.74 Å². The minimum Gasteiger partial charge on any atom is -0.493 e. The molecule has 0 aromatic heterocycles. The van der Waals surface area contributed by atoms with Crippen LogP contribution in [-0.2, 0) is 10.3 Å². The van der Waals surface area contributed by atoms with Crippen LogP contribution in [0.2, 0.25) is 5.02 Å². The van der Waals surface area contributed by atoms with Crippen LogP contribution in [0.4, 0.5) is 4.39 Å². The lowest BCUT2D eigenvalue weighted by Crippen LogP contribution is -2.07. The maximum absolute atomic E-state index is 13.5. The van der Waals surface area contributed by atoms with E-state index in [2.05, 4.69) is 4.99 Å². The number of carbonyl (C=O) groups excluding carboxylic acids is 1. The number of aliphatic imine (C=N–C) groups is 1. The average Bonchev–Trinajstić information content (AvgIpc) is 3.02. The van der Waals surface area contributed by atoms with Gasteiger partial charge in [-0.1, -0.05) is 11.6 Å². The zero-order chi connectivity index (χ0) is 11.8. The Morgan fingerprint density at radius 3 is 2.75 bits per heavy atom. The molecule has 0 bridgehead atoms. The Hall–Kier alpha value is -1.38. The van der Waals surface area contributed by atoms with E-state index in [4.69, 9.17) is 16.3 Å². The first-order chi connectivity index (χ1) is 7.64. The Bertz CT molecular complexity index is 479. The second-order valence-electron chi connectivity index (χ2n) is 3.67. The molecular formula is C11H9ClFNO2. The van der Waals surface area contributed by atoms with Gasteiger partial charge in [-0.3, -0.25) is 0 Å². The number of hydrogen-bond acceptors (Lipinski definition) is 3. The number of nitrogens with zero attached hydrogens (tertiary/aromatic N) is 1. The summed E-state index contributed by atoms with van der Waals surface area (Å²) >= 11 is 6.00. The van der Waals surface area contributed by atoms with Gasteiger partial charge in [-0.15, -0.1) is 0 Å². The molecule has 0 atom stereocenters. The number of ether oxygens (including phenoxy) is 1. The van der Waals surface area contributed by atoms with E-state index in [1.165, 1.54) is 25.3 Å². The first-order valence-corrected chi connectivity index (χ1v) is 5.14. The maximum Gasteiger partial charge on any atom is 0.235 e. The highest BCUT2D eigenvalue weighted by molar-refractivity contribution is 6.31. The van der Waals surface area contributed by atoms with Gasteiger partial charge in [0.05, 0.1) is 12.1 Å². The third-order valence-corrected chi connectivity index (χ3v) is 3.03. The van der Waals surface area contributed by atoms with E-state index in [9.17, 15) is 9.18 Å². The van der Waals surface area contributed by atoms with Crippen molar-refractivity contribution >= 4 is 17.7 Å². The summed E-state index contributed by atoms with van der Waals surface area (Å²) < 4.78 is 18.5. The van der Waals surface area contributed by atoms with Gasteiger partial charge in [0, 0.05) is 5.56 Å². The molecule has 0 amide bonds. The van der Waals surface area contributed by atoms with Crippen molar-refractivity contribution in [1.82, 2.24) is 0 Å². The molecule has 1 aromatic rings. The smallest absolute Gasteiger partial charge is 0.235 e. The van der Waals surface area contributed by atoms with Crippen LogP contribution in [0.3, 0.4) is 0 Å². The minimum absolute atomic E-state index is 0.0593. The molecule has 1 fully saturated rings. The summed E-state index contributed by atoms with van der Waals surface area (Å²) in [5.41, 5.74) is -0.285. The monoisotopic (exact) mass is 241 g/mol. The molecule has 1 aromatic carbocycles. The number of rotatable bonds is 3. The predicted molar refractivity (Wildman–Crippen MR) is 57.0 cm³/mol. The lowest BCUT2D eigenvalue weighted by Gasteiger charge is -2.15. The van der Waals surface area contributed by atoms with Crippen molar-refractivity contribution in [3.8, 4) is 5.75 Å². The topological polar surface area (TPSA) is 38.7 Å². The maximum atomic E-state index is 13.5. The highest BCUT2D eigenvalue weighted by atomic mass is 35.5. The van der Waals surface area contributed by atoms with Gasteiger partial charge in [0.2, 0.25) is 6.08 Å². The van der Waals surface area contributed by atoms with Crippen molar-refractivity contribution < 1.29 is 13.9 Å². The number of halogens is 2. The summed E-state index contributed by atoms with van der Waals surface area (Å²) in [6.45, 7) is 0. The number of methoxy groups -OCH3 is 1. The SMILES string of the molecule is COc1c(F)ccc(Cl)c1C1(N=C=O)CC1. The van der Waals surface area contributed by atoms with E-state index in [0.717, 1.165) is 0 Å². The molecule has 3 nitrogen and oxygen atoms in total. The summed E-state index contributed by atoms with van der Waals surface area (Å²) in [5, 5.41) is 0.356. The van der Waals surface area contributed by atoms with Gasteiger partial charge < -0.3 is 4.74 Å². The van der Waals surface area contributed by atoms with Crippen LogP contribution in [-0.4, -0.2) is 13.2 Å². The predicted octanol–water partition coefficient (Wildman–Crippen LogP) is 2.81. The summed E-state index contributed by atoms with van der Waals surface area (Å²) in [7, 11) is 1.36. The molecule has 0 N–H and O–H groups in total. The molecule has 0 saturated heterocycles. The van der Waals surface area contributed by atoms with E-state index >= 15 is 0 Å². The number of hydrogen-bond donors (Lipinski definition) is 0. The van der Waals surface area contributed by atoms with Gasteiger partial charge in [-0.05, 0) is 25.0 Å². The highest BCUT2D eigenvalue weighted by Crippen LogP contribution is 2.55. The Kier molecular flexibility index (Phi) is 2.70. The number of isocyanates is 1. The standard InChI is InChI=1S/C11H9ClFNO2/c1-16-10-8(13)3-2-7(12)9(10)11(4-5-11)14-6-15/h2-3H,4-5H2,1H3. The van der Waals surface area contributed by atoms with E-state index in [1.807, 2.05) is 0 Å². The van der Waals surface area contributed by atoms with E-state index < -0.39 is 11.4 Å². The summed E-state index contributed by atoms with van der Waals surface area (Å²) in [5.74, 6) is -0.446. The van der Waals surface area contributed by atoms with Gasteiger partial charge in [-0.25, -0.2) is 9.18 Å². The summed E-state index contributed by atoms with van der Waals surface area (Å²) in [6.07, 6.45) is 2.81. The van der Waals surface area contributed by atoms with Crippen LogP contribution in [0.5, 0.6) is 5.75 Å². The quantitative estimate of drug-likeness (QED) is 0.603. The van der Waals surface area contributed by atoms with Crippen LogP contribution in [0.25, 0.3) is 0 Å². The Morgan fingerprint density at radius 1 is 1.56 bits per heavy atom. The van der Waals surface area contributed by atoms with Crippen LogP contribution in [0.15, 0.2) is 17.1 Å². The van der Waals surface area contributed by atoms with E-state index in [0.29, 0.717) is 23.4 Å². The van der Waals surface area contributed by atoms with Crippen LogP contribution >= 0.6 is 11.6 Å². The minimum atomic E-state index is -0.730. The Labute approximate surface area is 96.9 Å². The number of benzene rings is 1. The molecule has 5 heteroatoms. The van der Waals surface area contributed by atoms with Crippen molar-refractivity contribution in [1.29, 1.82) is 0 Å². The first-order valence-electron chi connectivity index (χ1n) is 4.76. The molecule has 1 saturated carbocycles. The van der Waals surface area contributed by atoms with Crippen molar-refractivity contribution in [2.24, 2.45) is 4.99 Å². The molecule has 84 valence electrons. The summed E-state index contributed by atoms with van der Waals surface area (Å²) in [4.78, 5) is 14.1. The molecule has 0 heterocycles. The molecule has 0 spiro atoms. The first kappa shape index (κ1) is 11.1. The Morgan fingerprint density at radius 2 is 2.25 bits per heavy atom. The fourth-order valence-corrected chi connectivity index (χ4v) is 2.11. The lowest BCUT2D eigenvalue weighted by atomic mass is 10.0.